The Labute approximate surface area is 150 Å². The number of benzene rings is 2. The molecule has 2 aromatic carbocycles. The maximum atomic E-state index is 12.9. The molecule has 0 aliphatic carbocycles. The molecule has 0 aliphatic heterocycles. The highest BCUT2D eigenvalue weighted by Crippen LogP contribution is 2.35. The van der Waals surface area contributed by atoms with Gasteiger partial charge in [0, 0.05) is 4.90 Å². The Morgan fingerprint density at radius 1 is 0.920 bits per heavy atom. The lowest BCUT2D eigenvalue weighted by atomic mass is 10.1. The summed E-state index contributed by atoms with van der Waals surface area (Å²) >= 11 is 1.49. The summed E-state index contributed by atoms with van der Waals surface area (Å²) in [5.41, 5.74) is 2.42. The topological polar surface area (TPSA) is 67.8 Å². The van der Waals surface area contributed by atoms with Crippen LogP contribution in [0.2, 0.25) is 0 Å². The van der Waals surface area contributed by atoms with Gasteiger partial charge >= 0.3 is 0 Å². The van der Waals surface area contributed by atoms with Gasteiger partial charge in [0.05, 0.1) is 11.4 Å². The van der Waals surface area contributed by atoms with E-state index < -0.39 is 5.25 Å². The molecule has 6 heteroatoms. The average molecular weight is 350 g/mol. The van der Waals surface area contributed by atoms with Gasteiger partial charge in [0.2, 0.25) is 11.9 Å². The molecule has 1 atom stereocenters. The molecule has 1 aromatic heterocycles. The molecule has 0 spiro atoms. The van der Waals surface area contributed by atoms with Gasteiger partial charge in [0.15, 0.2) is 0 Å². The summed E-state index contributed by atoms with van der Waals surface area (Å²) in [4.78, 5) is 18.2. The molecule has 0 bridgehead atoms. The van der Waals surface area contributed by atoms with Gasteiger partial charge in [0.1, 0.15) is 5.25 Å². The third-order valence-electron chi connectivity index (χ3n) is 3.66. The molecule has 0 saturated heterocycles. The Hall–Kier alpha value is -2.73. The van der Waals surface area contributed by atoms with E-state index in [2.05, 4.69) is 20.5 Å². The summed E-state index contributed by atoms with van der Waals surface area (Å²) < 4.78 is 0. The minimum Gasteiger partial charge on any atom is -0.292 e. The molecular weight excluding hydrogens is 332 g/mol. The van der Waals surface area contributed by atoms with Crippen LogP contribution < -0.4 is 5.32 Å². The number of carbonyl (C=O) groups excluding carboxylic acids is 1. The number of nitrogens with one attached hydrogen (secondary N) is 1. The number of amides is 1. The summed E-state index contributed by atoms with van der Waals surface area (Å²) in [6, 6.07) is 19.5. The number of nitrogens with zero attached hydrogens (tertiary/aromatic N) is 3. The van der Waals surface area contributed by atoms with Gasteiger partial charge in [-0.15, -0.1) is 16.9 Å². The third-order valence-corrected chi connectivity index (χ3v) is 4.93. The lowest BCUT2D eigenvalue weighted by Crippen LogP contribution is -2.21. The van der Waals surface area contributed by atoms with E-state index in [0.29, 0.717) is 0 Å². The first-order chi connectivity index (χ1) is 12.1. The molecule has 1 heterocycles. The quantitative estimate of drug-likeness (QED) is 0.706. The number of thioether (sulfide) groups is 1. The van der Waals surface area contributed by atoms with Gasteiger partial charge < -0.3 is 0 Å². The van der Waals surface area contributed by atoms with Crippen LogP contribution in [0.5, 0.6) is 0 Å². The van der Waals surface area contributed by atoms with E-state index in [0.717, 1.165) is 21.8 Å². The smallest absolute Gasteiger partial charge is 0.249 e. The predicted octanol–water partition coefficient (Wildman–Crippen LogP) is 3.96. The fraction of sp³-hybridized carbons (Fsp3) is 0.158. The SMILES string of the molecule is Cc1nnc(NC(=O)[C@H](Sc2ccccc2)c2ccccc2)nc1C. The first kappa shape index (κ1) is 17.1. The molecule has 126 valence electrons. The van der Waals surface area contributed by atoms with Crippen molar-refractivity contribution in [2.45, 2.75) is 24.0 Å². The van der Waals surface area contributed by atoms with Gasteiger partial charge in [-0.05, 0) is 31.5 Å². The van der Waals surface area contributed by atoms with Gasteiger partial charge in [0.25, 0.3) is 0 Å². The summed E-state index contributed by atoms with van der Waals surface area (Å²) in [6.07, 6.45) is 0. The fourth-order valence-electron chi connectivity index (χ4n) is 2.22. The summed E-state index contributed by atoms with van der Waals surface area (Å²) in [5.74, 6) is 0.0489. The zero-order valence-electron chi connectivity index (χ0n) is 14.0. The van der Waals surface area contributed by atoms with Crippen LogP contribution in [0, 0.1) is 13.8 Å². The third kappa shape index (κ3) is 4.42. The van der Waals surface area contributed by atoms with Gasteiger partial charge in [-0.3, -0.25) is 10.1 Å². The van der Waals surface area contributed by atoms with Crippen LogP contribution in [0.3, 0.4) is 0 Å². The van der Waals surface area contributed by atoms with Crippen LogP contribution in [0.4, 0.5) is 5.95 Å². The molecule has 3 rings (SSSR count). The summed E-state index contributed by atoms with van der Waals surface area (Å²) in [7, 11) is 0. The molecule has 5 nitrogen and oxygen atoms in total. The maximum Gasteiger partial charge on any atom is 0.249 e. The Bertz CT molecular complexity index is 856. The standard InChI is InChI=1S/C19H18N4OS/c1-13-14(2)22-23-19(20-13)21-18(24)17(15-9-5-3-6-10-15)25-16-11-7-4-8-12-16/h3-12,17H,1-2H3,(H,20,21,23,24)/t17-/m1/s1. The number of hydrogen-bond acceptors (Lipinski definition) is 5. The molecule has 0 unspecified atom stereocenters. The highest BCUT2D eigenvalue weighted by Gasteiger charge is 2.23. The van der Waals surface area contributed by atoms with Crippen molar-refractivity contribution in [2.24, 2.45) is 0 Å². The van der Waals surface area contributed by atoms with E-state index in [4.69, 9.17) is 0 Å². The molecule has 0 radical (unpaired) electrons. The van der Waals surface area contributed by atoms with Crippen LogP contribution in [-0.4, -0.2) is 21.1 Å². The summed E-state index contributed by atoms with van der Waals surface area (Å²) in [5, 5.41) is 10.3. The van der Waals surface area contributed by atoms with Crippen LogP contribution >= 0.6 is 11.8 Å². The number of hydrogen-bond donors (Lipinski definition) is 1. The van der Waals surface area contributed by atoms with Crippen LogP contribution in [0.1, 0.15) is 22.2 Å². The van der Waals surface area contributed by atoms with Gasteiger partial charge in [-0.25, -0.2) is 4.98 Å². The number of rotatable bonds is 5. The van der Waals surface area contributed by atoms with E-state index >= 15 is 0 Å². The van der Waals surface area contributed by atoms with E-state index in [9.17, 15) is 4.79 Å². The van der Waals surface area contributed by atoms with Crippen molar-refractivity contribution in [1.82, 2.24) is 15.2 Å². The Kier molecular flexibility index (Phi) is 5.40. The second-order valence-electron chi connectivity index (χ2n) is 5.52. The van der Waals surface area contributed by atoms with E-state index in [1.165, 1.54) is 11.8 Å². The zero-order valence-corrected chi connectivity index (χ0v) is 14.8. The normalized spacial score (nSPS) is 11.8. The monoisotopic (exact) mass is 350 g/mol. The van der Waals surface area contributed by atoms with Crippen molar-refractivity contribution < 1.29 is 4.79 Å². The Morgan fingerprint density at radius 2 is 1.56 bits per heavy atom. The molecule has 0 saturated carbocycles. The zero-order chi connectivity index (χ0) is 17.6. The van der Waals surface area contributed by atoms with Crippen molar-refractivity contribution in [3.63, 3.8) is 0 Å². The highest BCUT2D eigenvalue weighted by atomic mass is 32.2. The molecule has 1 N–H and O–H groups in total. The molecular formula is C19H18N4OS. The average Bonchev–Trinajstić information content (AvgIpc) is 2.64. The Balaban J connectivity index is 1.85. The van der Waals surface area contributed by atoms with Crippen LogP contribution in [-0.2, 0) is 4.79 Å². The van der Waals surface area contributed by atoms with Crippen molar-refractivity contribution in [2.75, 3.05) is 5.32 Å². The molecule has 0 aliphatic rings. The second-order valence-corrected chi connectivity index (χ2v) is 6.70. The van der Waals surface area contributed by atoms with Crippen LogP contribution in [0.25, 0.3) is 0 Å². The first-order valence-corrected chi connectivity index (χ1v) is 8.77. The van der Waals surface area contributed by atoms with Gasteiger partial charge in [-0.1, -0.05) is 48.5 Å². The number of carbonyl (C=O) groups is 1. The van der Waals surface area contributed by atoms with Crippen LogP contribution in [0.15, 0.2) is 65.6 Å². The molecule has 1 amide bonds. The minimum atomic E-state index is -0.409. The molecule has 3 aromatic rings. The van der Waals surface area contributed by atoms with Crippen molar-refractivity contribution >= 4 is 23.6 Å². The first-order valence-electron chi connectivity index (χ1n) is 7.89. The lowest BCUT2D eigenvalue weighted by Gasteiger charge is -2.16. The number of anilines is 1. The van der Waals surface area contributed by atoms with E-state index in [1.807, 2.05) is 74.5 Å². The number of aryl methyl sites for hydroxylation is 2. The summed E-state index contributed by atoms with van der Waals surface area (Å²) in [6.45, 7) is 3.67. The second kappa shape index (κ2) is 7.90. The fourth-order valence-corrected chi connectivity index (χ4v) is 3.27. The van der Waals surface area contributed by atoms with Crippen molar-refractivity contribution in [1.29, 1.82) is 0 Å². The maximum absolute atomic E-state index is 12.9. The number of aromatic nitrogens is 3. The molecule has 25 heavy (non-hydrogen) atoms. The van der Waals surface area contributed by atoms with Crippen molar-refractivity contribution in [3.05, 3.63) is 77.6 Å². The largest absolute Gasteiger partial charge is 0.292 e. The van der Waals surface area contributed by atoms with Crippen molar-refractivity contribution in [3.8, 4) is 0 Å². The predicted molar refractivity (Wildman–Crippen MR) is 99.4 cm³/mol. The minimum absolute atomic E-state index is 0.176. The van der Waals surface area contributed by atoms with Gasteiger partial charge in [-0.2, -0.15) is 5.10 Å². The van der Waals surface area contributed by atoms with E-state index in [1.54, 1.807) is 0 Å². The highest BCUT2D eigenvalue weighted by molar-refractivity contribution is 8.00. The van der Waals surface area contributed by atoms with E-state index in [-0.39, 0.29) is 11.9 Å². The molecule has 0 fully saturated rings. The Morgan fingerprint density at radius 3 is 2.20 bits per heavy atom. The lowest BCUT2D eigenvalue weighted by molar-refractivity contribution is -0.115.